The first-order valence-electron chi connectivity index (χ1n) is 17.1. The van der Waals surface area contributed by atoms with E-state index in [-0.39, 0.29) is 16.4 Å². The minimum Gasteiger partial charge on any atom is -0.455 e. The summed E-state index contributed by atoms with van der Waals surface area (Å²) in [6.07, 6.45) is 4.63. The third kappa shape index (κ3) is 4.18. The van der Waals surface area contributed by atoms with Crippen molar-refractivity contribution in [3.63, 3.8) is 0 Å². The summed E-state index contributed by atoms with van der Waals surface area (Å²) in [5.41, 5.74) is 7.33. The molecule has 1 saturated carbocycles. The van der Waals surface area contributed by atoms with Crippen LogP contribution in [0.3, 0.4) is 0 Å². The van der Waals surface area contributed by atoms with Crippen LogP contribution >= 0.6 is 0 Å². The lowest BCUT2D eigenvalue weighted by Crippen LogP contribution is -2.38. The predicted octanol–water partition coefficient (Wildman–Crippen LogP) is 11.7. The van der Waals surface area contributed by atoms with Gasteiger partial charge in [0.15, 0.2) is 0 Å². The van der Waals surface area contributed by atoms with Crippen LogP contribution in [0.4, 0.5) is 0 Å². The van der Waals surface area contributed by atoms with E-state index < -0.39 is 12.7 Å². The fourth-order valence-corrected chi connectivity index (χ4v) is 7.80. The largest absolute Gasteiger partial charge is 0.455 e. The van der Waals surface area contributed by atoms with Gasteiger partial charge >= 0.3 is 0 Å². The summed E-state index contributed by atoms with van der Waals surface area (Å²) in [4.78, 5) is 4.73. The van der Waals surface area contributed by atoms with E-state index >= 15 is 0 Å². The third-order valence-corrected chi connectivity index (χ3v) is 9.66. The second-order valence-corrected chi connectivity index (χ2v) is 13.5. The standard InChI is InChI=1S/C40H41NO/c1-24-21-34(38-39(4,5)18-11-19-40(38,6)7)25(2)20-32(24)33-22-35(41-23-26(33)3)31-15-10-14-29-30-17-16-27-12-8-9-13-28(27)36(30)42-37(29)31/h8-10,12-17,20-23,38H,11,18-19H2,1-7H3/i3D3,38D. The Hall–Kier alpha value is -3.91. The Bertz CT molecular complexity index is 2150. The van der Waals surface area contributed by atoms with Gasteiger partial charge in [-0.05, 0) is 107 Å². The van der Waals surface area contributed by atoms with Gasteiger partial charge < -0.3 is 4.42 Å². The van der Waals surface area contributed by atoms with Crippen LogP contribution in [0.5, 0.6) is 0 Å². The quantitative estimate of drug-likeness (QED) is 0.217. The van der Waals surface area contributed by atoms with E-state index in [0.29, 0.717) is 11.3 Å². The highest BCUT2D eigenvalue weighted by atomic mass is 16.3. The fraction of sp³-hybridized carbons (Fsp3) is 0.325. The molecule has 2 heterocycles. The lowest BCUT2D eigenvalue weighted by molar-refractivity contribution is 0.0723. The number of rotatable bonds is 3. The van der Waals surface area contributed by atoms with Gasteiger partial charge in [0.1, 0.15) is 11.2 Å². The summed E-state index contributed by atoms with van der Waals surface area (Å²) < 4.78 is 41.9. The Kier molecular flexibility index (Phi) is 5.16. The zero-order valence-electron chi connectivity index (χ0n) is 29.5. The molecule has 0 unspecified atom stereocenters. The van der Waals surface area contributed by atoms with Crippen LogP contribution in [0.1, 0.15) is 80.6 Å². The summed E-state index contributed by atoms with van der Waals surface area (Å²) >= 11 is 0. The van der Waals surface area contributed by atoms with Gasteiger partial charge in [-0.25, -0.2) is 0 Å². The van der Waals surface area contributed by atoms with Crippen LogP contribution in [0.15, 0.2) is 83.4 Å². The maximum Gasteiger partial charge on any atom is 0.144 e. The molecular weight excluding hydrogens is 510 g/mol. The van der Waals surface area contributed by atoms with Crippen molar-refractivity contribution in [1.29, 1.82) is 0 Å². The van der Waals surface area contributed by atoms with E-state index in [1.54, 1.807) is 0 Å². The molecule has 42 heavy (non-hydrogen) atoms. The third-order valence-electron chi connectivity index (χ3n) is 9.66. The highest BCUT2D eigenvalue weighted by Gasteiger charge is 2.45. The van der Waals surface area contributed by atoms with Gasteiger partial charge in [0.05, 0.1) is 5.69 Å². The number of para-hydroxylation sites is 1. The summed E-state index contributed by atoms with van der Waals surface area (Å²) in [5.74, 6) is -0.789. The first-order chi connectivity index (χ1) is 21.6. The van der Waals surface area contributed by atoms with E-state index in [1.807, 2.05) is 37.3 Å². The summed E-state index contributed by atoms with van der Waals surface area (Å²) in [6.45, 7) is 10.7. The number of aromatic nitrogens is 1. The molecule has 1 aliphatic carbocycles. The molecule has 0 amide bonds. The summed E-state index contributed by atoms with van der Waals surface area (Å²) in [7, 11) is 0. The van der Waals surface area contributed by atoms with Crippen molar-refractivity contribution in [3.05, 3.63) is 101 Å². The van der Waals surface area contributed by atoms with Crippen LogP contribution in [0, 0.1) is 31.5 Å². The highest BCUT2D eigenvalue weighted by Crippen LogP contribution is 2.57. The Labute approximate surface area is 255 Å². The monoisotopic (exact) mass is 555 g/mol. The van der Waals surface area contributed by atoms with Crippen LogP contribution in [-0.4, -0.2) is 4.98 Å². The van der Waals surface area contributed by atoms with Crippen molar-refractivity contribution in [2.24, 2.45) is 10.8 Å². The Balaban J connectivity index is 1.43. The van der Waals surface area contributed by atoms with E-state index in [9.17, 15) is 1.37 Å². The minimum absolute atomic E-state index is 0.211. The Morgan fingerprint density at radius 3 is 2.24 bits per heavy atom. The first kappa shape index (κ1) is 22.7. The van der Waals surface area contributed by atoms with E-state index in [4.69, 9.17) is 13.5 Å². The molecule has 2 heteroatoms. The molecule has 2 aromatic heterocycles. The number of benzene rings is 4. The van der Waals surface area contributed by atoms with Crippen LogP contribution in [-0.2, 0) is 0 Å². The van der Waals surface area contributed by atoms with Crippen LogP contribution < -0.4 is 0 Å². The number of pyridine rings is 1. The van der Waals surface area contributed by atoms with Crippen molar-refractivity contribution in [2.45, 2.75) is 73.6 Å². The zero-order valence-corrected chi connectivity index (χ0v) is 25.5. The van der Waals surface area contributed by atoms with Crippen molar-refractivity contribution in [3.8, 4) is 22.4 Å². The van der Waals surface area contributed by atoms with Crippen LogP contribution in [0.25, 0.3) is 55.1 Å². The molecule has 4 aromatic carbocycles. The maximum atomic E-state index is 10.0. The number of fused-ring (bicyclic) bond motifs is 5. The minimum atomic E-state index is -2.35. The SMILES string of the molecule is [2H]C([2H])([2H])c1cnc(-c2cccc3c2oc2c4ccccc4ccc32)cc1-c1cc(C)c(C2([2H])C(C)(C)CCCC2(C)C)cc1C. The molecule has 0 saturated heterocycles. The molecular formula is C40H41NO. The Morgan fingerprint density at radius 2 is 1.45 bits per heavy atom. The molecule has 0 aliphatic heterocycles. The van der Waals surface area contributed by atoms with Gasteiger partial charge in [-0.15, -0.1) is 0 Å². The molecule has 0 radical (unpaired) electrons. The van der Waals surface area contributed by atoms with Crippen molar-refractivity contribution >= 4 is 32.7 Å². The average Bonchev–Trinajstić information content (AvgIpc) is 3.39. The first-order valence-corrected chi connectivity index (χ1v) is 15.1. The maximum absolute atomic E-state index is 10.0. The normalized spacial score (nSPS) is 19.4. The van der Waals surface area contributed by atoms with Gasteiger partial charge in [0.2, 0.25) is 0 Å². The number of hydrogen-bond acceptors (Lipinski definition) is 2. The van der Waals surface area contributed by atoms with Crippen molar-refractivity contribution in [1.82, 2.24) is 4.98 Å². The molecule has 212 valence electrons. The second kappa shape index (κ2) is 9.56. The van der Waals surface area contributed by atoms with E-state index in [0.717, 1.165) is 79.8 Å². The fourth-order valence-electron chi connectivity index (χ4n) is 7.80. The molecule has 0 spiro atoms. The topological polar surface area (TPSA) is 26.0 Å². The van der Waals surface area contributed by atoms with E-state index in [1.165, 1.54) is 6.20 Å². The molecule has 0 N–H and O–H groups in total. The summed E-state index contributed by atoms with van der Waals surface area (Å²) in [5, 5.41) is 4.20. The van der Waals surface area contributed by atoms with Crippen molar-refractivity contribution in [2.75, 3.05) is 0 Å². The molecule has 6 aromatic rings. The zero-order chi connectivity index (χ0) is 32.8. The highest BCUT2D eigenvalue weighted by molar-refractivity contribution is 6.17. The molecule has 1 fully saturated rings. The van der Waals surface area contributed by atoms with Gasteiger partial charge in [-0.3, -0.25) is 4.98 Å². The number of furan rings is 1. The van der Waals surface area contributed by atoms with Gasteiger partial charge in [-0.2, -0.15) is 0 Å². The van der Waals surface area contributed by atoms with Crippen LogP contribution in [0.2, 0.25) is 0 Å². The predicted molar refractivity (Wildman–Crippen MR) is 178 cm³/mol. The second-order valence-electron chi connectivity index (χ2n) is 13.5. The van der Waals surface area contributed by atoms with Gasteiger partial charge in [0, 0.05) is 33.4 Å². The van der Waals surface area contributed by atoms with Crippen molar-refractivity contribution < 1.29 is 9.90 Å². The number of nitrogens with zero attached hydrogens (tertiary/aromatic N) is 1. The molecule has 0 atom stereocenters. The van der Waals surface area contributed by atoms with E-state index in [2.05, 4.69) is 77.1 Å². The molecule has 1 aliphatic rings. The molecule has 7 rings (SSSR count). The number of aryl methyl sites for hydroxylation is 3. The van der Waals surface area contributed by atoms with Gasteiger partial charge in [0.25, 0.3) is 0 Å². The van der Waals surface area contributed by atoms with Gasteiger partial charge in [-0.1, -0.05) is 88.7 Å². The lowest BCUT2D eigenvalue weighted by atomic mass is 9.54. The molecule has 2 nitrogen and oxygen atoms in total. The number of hydrogen-bond donors (Lipinski definition) is 0. The summed E-state index contributed by atoms with van der Waals surface area (Å²) in [6, 6.07) is 24.7. The Morgan fingerprint density at radius 1 is 0.738 bits per heavy atom. The average molecular weight is 556 g/mol. The lowest BCUT2D eigenvalue weighted by Gasteiger charge is -2.50. The smallest absolute Gasteiger partial charge is 0.144 e. The molecule has 0 bridgehead atoms.